The number of carboxylic acids is 2. The molecule has 0 fully saturated rings. The van der Waals surface area contributed by atoms with E-state index < -0.39 is 23.4 Å². The van der Waals surface area contributed by atoms with Gasteiger partial charge in [-0.05, 0) is 48.4 Å². The van der Waals surface area contributed by atoms with E-state index in [1.807, 2.05) is 42.5 Å². The van der Waals surface area contributed by atoms with E-state index in [0.29, 0.717) is 28.2 Å². The maximum absolute atomic E-state index is 12.8. The number of rotatable bonds is 6. The zero-order chi connectivity index (χ0) is 23.6. The van der Waals surface area contributed by atoms with Gasteiger partial charge in [-0.3, -0.25) is 4.99 Å². The lowest BCUT2D eigenvalue weighted by Crippen LogP contribution is -2.58. The molecule has 2 aromatic carbocycles. The standard InChI is InChI=1S/C26H24N2O5/c1-17-21(20-11-6-7-12-22(20)33-19-9-4-3-5-10-19)15-26(25(31)32,18(2)23(17)24(29)30)28-14-8-13-27-16-28/h3-15,18H,16H2,1-2H3,(H,29,30)(H,31,32). The third-order valence-corrected chi connectivity index (χ3v) is 6.15. The van der Waals surface area contributed by atoms with Gasteiger partial charge in [0.1, 0.15) is 18.2 Å². The molecule has 0 bridgehead atoms. The summed E-state index contributed by atoms with van der Waals surface area (Å²) in [6, 6.07) is 16.4. The van der Waals surface area contributed by atoms with Crippen LogP contribution in [-0.4, -0.2) is 45.5 Å². The van der Waals surface area contributed by atoms with Crippen LogP contribution in [-0.2, 0) is 9.59 Å². The largest absolute Gasteiger partial charge is 0.479 e. The summed E-state index contributed by atoms with van der Waals surface area (Å²) in [5.41, 5.74) is 0.0197. The molecule has 0 spiro atoms. The van der Waals surface area contributed by atoms with Crippen molar-refractivity contribution in [2.75, 3.05) is 6.67 Å². The van der Waals surface area contributed by atoms with E-state index in [1.165, 1.54) is 0 Å². The molecule has 0 saturated heterocycles. The first kappa shape index (κ1) is 22.1. The fraction of sp³-hybridized carbons (Fsp3) is 0.192. The zero-order valence-corrected chi connectivity index (χ0v) is 18.3. The Balaban J connectivity index is 1.94. The molecule has 0 radical (unpaired) electrons. The highest BCUT2D eigenvalue weighted by Crippen LogP contribution is 2.46. The number of carboxylic acid groups (broad SMARTS) is 2. The van der Waals surface area contributed by atoms with E-state index in [0.717, 1.165) is 0 Å². The van der Waals surface area contributed by atoms with Crippen molar-refractivity contribution in [3.05, 3.63) is 89.7 Å². The highest BCUT2D eigenvalue weighted by Gasteiger charge is 2.52. The normalized spacial score (nSPS) is 22.2. The van der Waals surface area contributed by atoms with Crippen LogP contribution in [0.15, 0.2) is 89.1 Å². The van der Waals surface area contributed by atoms with Gasteiger partial charge in [-0.2, -0.15) is 0 Å². The maximum atomic E-state index is 12.8. The summed E-state index contributed by atoms with van der Waals surface area (Å²) in [5.74, 6) is -2.02. The highest BCUT2D eigenvalue weighted by molar-refractivity contribution is 6.01. The van der Waals surface area contributed by atoms with E-state index >= 15 is 0 Å². The smallest absolute Gasteiger partial charge is 0.334 e. The van der Waals surface area contributed by atoms with E-state index in [2.05, 4.69) is 4.99 Å². The number of allylic oxidation sites excluding steroid dienone is 3. The minimum Gasteiger partial charge on any atom is -0.479 e. The molecule has 1 aliphatic heterocycles. The molecule has 168 valence electrons. The zero-order valence-electron chi connectivity index (χ0n) is 18.3. The van der Waals surface area contributed by atoms with Crippen LogP contribution in [0.1, 0.15) is 19.4 Å². The van der Waals surface area contributed by atoms with Crippen LogP contribution in [0.2, 0.25) is 0 Å². The second-order valence-electron chi connectivity index (χ2n) is 7.95. The Hall–Kier alpha value is -4.13. The minimum atomic E-state index is -1.64. The Morgan fingerprint density at radius 1 is 1.09 bits per heavy atom. The van der Waals surface area contributed by atoms with E-state index in [9.17, 15) is 19.8 Å². The first-order chi connectivity index (χ1) is 15.9. The molecule has 2 atom stereocenters. The summed E-state index contributed by atoms with van der Waals surface area (Å²) in [7, 11) is 0. The topological polar surface area (TPSA) is 99.4 Å². The number of aliphatic carboxylic acids is 2. The van der Waals surface area contributed by atoms with Gasteiger partial charge in [0, 0.05) is 29.5 Å². The molecule has 2 unspecified atom stereocenters. The van der Waals surface area contributed by atoms with Gasteiger partial charge in [0.15, 0.2) is 5.54 Å². The fourth-order valence-corrected chi connectivity index (χ4v) is 4.49. The summed E-state index contributed by atoms with van der Waals surface area (Å²) < 4.78 is 6.10. The summed E-state index contributed by atoms with van der Waals surface area (Å²) in [6.45, 7) is 3.44. The number of aliphatic imine (C=N–C) groups is 1. The van der Waals surface area contributed by atoms with Crippen molar-refractivity contribution in [3.8, 4) is 11.5 Å². The molecular weight excluding hydrogens is 420 g/mol. The molecule has 0 aromatic heterocycles. The van der Waals surface area contributed by atoms with Crippen molar-refractivity contribution in [2.45, 2.75) is 19.4 Å². The summed E-state index contributed by atoms with van der Waals surface area (Å²) in [5, 5.41) is 20.5. The number of para-hydroxylation sites is 2. The molecule has 7 heteroatoms. The van der Waals surface area contributed by atoms with Crippen molar-refractivity contribution in [1.82, 2.24) is 4.90 Å². The lowest BCUT2D eigenvalue weighted by atomic mass is 9.70. The van der Waals surface area contributed by atoms with Gasteiger partial charge in [-0.25, -0.2) is 9.59 Å². The summed E-state index contributed by atoms with van der Waals surface area (Å²) in [6.07, 6.45) is 6.51. The minimum absolute atomic E-state index is 0.0485. The Morgan fingerprint density at radius 2 is 1.79 bits per heavy atom. The molecule has 2 aliphatic rings. The van der Waals surface area contributed by atoms with E-state index in [4.69, 9.17) is 4.74 Å². The SMILES string of the molecule is CC1=C(C(=O)O)C(C)C(C(=O)O)(N2C=CC=NC2)C=C1c1ccccc1Oc1ccccc1. The predicted octanol–water partition coefficient (Wildman–Crippen LogP) is 4.59. The number of benzene rings is 2. The average Bonchev–Trinajstić information content (AvgIpc) is 2.81. The molecule has 7 nitrogen and oxygen atoms in total. The Labute approximate surface area is 191 Å². The maximum Gasteiger partial charge on any atom is 0.334 e. The second kappa shape index (κ2) is 8.78. The molecule has 33 heavy (non-hydrogen) atoms. The third kappa shape index (κ3) is 3.82. The van der Waals surface area contributed by atoms with Gasteiger partial charge in [-0.15, -0.1) is 0 Å². The van der Waals surface area contributed by atoms with Crippen molar-refractivity contribution < 1.29 is 24.5 Å². The van der Waals surface area contributed by atoms with Crippen LogP contribution in [0.5, 0.6) is 11.5 Å². The van der Waals surface area contributed by atoms with Crippen LogP contribution in [0.3, 0.4) is 0 Å². The predicted molar refractivity (Wildman–Crippen MR) is 125 cm³/mol. The van der Waals surface area contributed by atoms with Gasteiger partial charge in [0.05, 0.1) is 0 Å². The van der Waals surface area contributed by atoms with Gasteiger partial charge in [-0.1, -0.05) is 43.3 Å². The van der Waals surface area contributed by atoms with Gasteiger partial charge >= 0.3 is 11.9 Å². The molecule has 0 amide bonds. The van der Waals surface area contributed by atoms with Gasteiger partial charge < -0.3 is 19.8 Å². The van der Waals surface area contributed by atoms with Crippen molar-refractivity contribution in [3.63, 3.8) is 0 Å². The number of hydrogen-bond donors (Lipinski definition) is 2. The second-order valence-corrected chi connectivity index (χ2v) is 7.95. The van der Waals surface area contributed by atoms with Crippen molar-refractivity contribution >= 4 is 23.7 Å². The average molecular weight is 444 g/mol. The van der Waals surface area contributed by atoms with Gasteiger partial charge in [0.2, 0.25) is 0 Å². The van der Waals surface area contributed by atoms with Crippen LogP contribution < -0.4 is 4.74 Å². The number of ether oxygens (including phenoxy) is 1. The molecule has 0 saturated carbocycles. The number of carbonyl (C=O) groups is 2. The third-order valence-electron chi connectivity index (χ3n) is 6.15. The van der Waals surface area contributed by atoms with E-state index in [1.54, 1.807) is 55.4 Å². The first-order valence-corrected chi connectivity index (χ1v) is 10.5. The molecule has 1 aliphatic carbocycles. The molecule has 2 aromatic rings. The summed E-state index contributed by atoms with van der Waals surface area (Å²) in [4.78, 5) is 30.9. The first-order valence-electron chi connectivity index (χ1n) is 10.5. The quantitative estimate of drug-likeness (QED) is 0.676. The molecule has 4 rings (SSSR count). The number of nitrogens with zero attached hydrogens (tertiary/aromatic N) is 2. The monoisotopic (exact) mass is 444 g/mol. The van der Waals surface area contributed by atoms with Crippen LogP contribution >= 0.6 is 0 Å². The summed E-state index contributed by atoms with van der Waals surface area (Å²) >= 11 is 0. The van der Waals surface area contributed by atoms with Crippen LogP contribution in [0.25, 0.3) is 5.57 Å². The van der Waals surface area contributed by atoms with Crippen LogP contribution in [0.4, 0.5) is 0 Å². The Morgan fingerprint density at radius 3 is 2.42 bits per heavy atom. The fourth-order valence-electron chi connectivity index (χ4n) is 4.49. The molecule has 2 N–H and O–H groups in total. The lowest BCUT2D eigenvalue weighted by Gasteiger charge is -2.45. The Bertz CT molecular complexity index is 1210. The highest BCUT2D eigenvalue weighted by atomic mass is 16.5. The van der Waals surface area contributed by atoms with Crippen molar-refractivity contribution in [2.24, 2.45) is 10.9 Å². The molecule has 1 heterocycles. The molecular formula is C26H24N2O5. The van der Waals surface area contributed by atoms with Crippen LogP contribution in [0, 0.1) is 5.92 Å². The number of hydrogen-bond acceptors (Lipinski definition) is 5. The van der Waals surface area contributed by atoms with Gasteiger partial charge in [0.25, 0.3) is 0 Å². The van der Waals surface area contributed by atoms with Crippen molar-refractivity contribution in [1.29, 1.82) is 0 Å². The lowest BCUT2D eigenvalue weighted by molar-refractivity contribution is -0.149. The Kier molecular flexibility index (Phi) is 5.87. The van der Waals surface area contributed by atoms with E-state index in [-0.39, 0.29) is 12.2 Å².